The molecule has 0 radical (unpaired) electrons. The molecule has 0 aliphatic carbocycles. The van der Waals surface area contributed by atoms with Crippen LogP contribution in [0.1, 0.15) is 24.5 Å². The summed E-state index contributed by atoms with van der Waals surface area (Å²) >= 11 is 12.5. The number of hydrogen-bond donors (Lipinski definition) is 1. The maximum absolute atomic E-state index is 14.1. The van der Waals surface area contributed by atoms with Gasteiger partial charge in [0.15, 0.2) is 11.5 Å². The smallest absolute Gasteiger partial charge is 0.264 e. The summed E-state index contributed by atoms with van der Waals surface area (Å²) in [6.07, 6.45) is 0.281. The van der Waals surface area contributed by atoms with Crippen molar-refractivity contribution in [3.8, 4) is 11.5 Å². The van der Waals surface area contributed by atoms with Gasteiger partial charge < -0.3 is 19.7 Å². The lowest BCUT2D eigenvalue weighted by Gasteiger charge is -2.33. The van der Waals surface area contributed by atoms with Gasteiger partial charge in [-0.1, -0.05) is 53.9 Å². The molecule has 2 amide bonds. The fourth-order valence-corrected chi connectivity index (χ4v) is 6.16. The number of rotatable bonds is 12. The van der Waals surface area contributed by atoms with Gasteiger partial charge in [-0.25, -0.2) is 8.42 Å². The van der Waals surface area contributed by atoms with Crippen LogP contribution in [0.25, 0.3) is 0 Å². The summed E-state index contributed by atoms with van der Waals surface area (Å²) in [7, 11) is 0.0311. The predicted molar refractivity (Wildman–Crippen MR) is 160 cm³/mol. The largest absolute Gasteiger partial charge is 0.493 e. The highest BCUT2D eigenvalue weighted by Gasteiger charge is 2.34. The number of aryl methyl sites for hydroxylation is 1. The summed E-state index contributed by atoms with van der Waals surface area (Å²) in [6, 6.07) is 14.9. The van der Waals surface area contributed by atoms with E-state index in [9.17, 15) is 18.0 Å². The summed E-state index contributed by atoms with van der Waals surface area (Å²) in [5.74, 6) is -0.424. The quantitative estimate of drug-likeness (QED) is 0.303. The molecule has 41 heavy (non-hydrogen) atoms. The van der Waals surface area contributed by atoms with E-state index in [0.29, 0.717) is 21.4 Å². The number of amides is 2. The highest BCUT2D eigenvalue weighted by molar-refractivity contribution is 7.92. The van der Waals surface area contributed by atoms with Gasteiger partial charge in [0.25, 0.3) is 10.0 Å². The van der Waals surface area contributed by atoms with Gasteiger partial charge in [0.1, 0.15) is 12.6 Å². The van der Waals surface area contributed by atoms with Crippen LogP contribution in [0.2, 0.25) is 10.0 Å². The monoisotopic (exact) mass is 621 g/mol. The van der Waals surface area contributed by atoms with E-state index in [-0.39, 0.29) is 29.3 Å². The summed E-state index contributed by atoms with van der Waals surface area (Å²) in [6.45, 7) is 3.01. The Morgan fingerprint density at radius 2 is 1.61 bits per heavy atom. The molecule has 1 atom stereocenters. The Kier molecular flexibility index (Phi) is 10.9. The van der Waals surface area contributed by atoms with Crippen molar-refractivity contribution in [3.63, 3.8) is 0 Å². The van der Waals surface area contributed by atoms with Crippen molar-refractivity contribution in [2.75, 3.05) is 32.1 Å². The van der Waals surface area contributed by atoms with Crippen LogP contribution in [0.5, 0.6) is 11.5 Å². The zero-order valence-corrected chi connectivity index (χ0v) is 25.8. The summed E-state index contributed by atoms with van der Waals surface area (Å²) in [4.78, 5) is 28.1. The number of nitrogens with one attached hydrogen (secondary N) is 1. The lowest BCUT2D eigenvalue weighted by Crippen LogP contribution is -2.51. The van der Waals surface area contributed by atoms with Crippen molar-refractivity contribution < 1.29 is 27.5 Å². The van der Waals surface area contributed by atoms with E-state index in [4.69, 9.17) is 32.7 Å². The summed E-state index contributed by atoms with van der Waals surface area (Å²) < 4.78 is 39.7. The van der Waals surface area contributed by atoms with Gasteiger partial charge in [0.05, 0.1) is 24.8 Å². The third-order valence-electron chi connectivity index (χ3n) is 6.53. The van der Waals surface area contributed by atoms with Gasteiger partial charge in [-0.2, -0.15) is 0 Å². The van der Waals surface area contributed by atoms with E-state index >= 15 is 0 Å². The highest BCUT2D eigenvalue weighted by atomic mass is 35.5. The number of benzene rings is 3. The molecule has 0 saturated carbocycles. The van der Waals surface area contributed by atoms with Crippen molar-refractivity contribution in [1.29, 1.82) is 0 Å². The Morgan fingerprint density at radius 1 is 0.951 bits per heavy atom. The normalized spacial score (nSPS) is 11.9. The van der Waals surface area contributed by atoms with Gasteiger partial charge >= 0.3 is 0 Å². The van der Waals surface area contributed by atoms with Crippen LogP contribution in [0.4, 0.5) is 5.69 Å². The third-order valence-corrected chi connectivity index (χ3v) is 8.89. The molecule has 9 nitrogen and oxygen atoms in total. The number of nitrogens with zero attached hydrogens (tertiary/aromatic N) is 2. The minimum atomic E-state index is -4.29. The number of methoxy groups -OCH3 is 2. The van der Waals surface area contributed by atoms with Crippen LogP contribution in [-0.4, -0.2) is 59.0 Å². The van der Waals surface area contributed by atoms with Crippen molar-refractivity contribution in [2.24, 2.45) is 0 Å². The molecule has 12 heteroatoms. The number of likely N-dealkylation sites (N-methyl/N-ethyl adjacent to an activating group) is 1. The van der Waals surface area contributed by atoms with Crippen molar-refractivity contribution in [2.45, 2.75) is 37.8 Å². The molecular weight excluding hydrogens is 589 g/mol. The first-order valence-electron chi connectivity index (χ1n) is 12.7. The zero-order valence-electron chi connectivity index (χ0n) is 23.5. The highest BCUT2D eigenvalue weighted by Crippen LogP contribution is 2.33. The van der Waals surface area contributed by atoms with Crippen LogP contribution in [0, 0.1) is 6.92 Å². The average Bonchev–Trinajstić information content (AvgIpc) is 2.96. The maximum atomic E-state index is 14.1. The molecule has 0 bridgehead atoms. The van der Waals surface area contributed by atoms with Crippen LogP contribution >= 0.6 is 23.2 Å². The lowest BCUT2D eigenvalue weighted by molar-refractivity contribution is -0.140. The second-order valence-corrected chi connectivity index (χ2v) is 11.9. The Hall–Kier alpha value is -3.47. The molecule has 0 heterocycles. The molecule has 3 rings (SSSR count). The standard InChI is InChI=1S/C29H33Cl2N3O6S/c1-6-25(29(36)32-3)33(17-20-9-10-21(30)15-24(20)31)28(35)18-34(22-11-7-19(2)8-12-22)41(37,38)23-13-14-26(39-4)27(16-23)40-5/h7-16,25H,6,17-18H2,1-5H3,(H,32,36)/t25-/m0/s1. The number of carbonyl (C=O) groups is 2. The molecule has 1 N–H and O–H groups in total. The molecule has 3 aromatic rings. The zero-order chi connectivity index (χ0) is 30.3. The second kappa shape index (κ2) is 13.9. The van der Waals surface area contributed by atoms with Crippen molar-refractivity contribution in [1.82, 2.24) is 10.2 Å². The second-order valence-electron chi connectivity index (χ2n) is 9.16. The number of hydrogen-bond acceptors (Lipinski definition) is 6. The number of anilines is 1. The fourth-order valence-electron chi connectivity index (χ4n) is 4.26. The molecule has 0 unspecified atom stereocenters. The first kappa shape index (κ1) is 32.0. The van der Waals surface area contributed by atoms with Crippen molar-refractivity contribution >= 4 is 50.7 Å². The predicted octanol–water partition coefficient (Wildman–Crippen LogP) is 5.07. The van der Waals surface area contributed by atoms with E-state index in [2.05, 4.69) is 5.32 Å². The molecule has 220 valence electrons. The number of sulfonamides is 1. The van der Waals surface area contributed by atoms with Crippen LogP contribution in [0.15, 0.2) is 65.6 Å². The van der Waals surface area contributed by atoms with E-state index in [1.807, 2.05) is 6.92 Å². The Bertz CT molecular complexity index is 1500. The minimum absolute atomic E-state index is 0.0428. The van der Waals surface area contributed by atoms with E-state index in [1.165, 1.54) is 44.4 Å². The Balaban J connectivity index is 2.11. The molecule has 0 saturated heterocycles. The molecule has 0 aromatic heterocycles. The van der Waals surface area contributed by atoms with Crippen LogP contribution in [-0.2, 0) is 26.2 Å². The number of halogens is 2. The summed E-state index contributed by atoms with van der Waals surface area (Å²) in [5, 5.41) is 3.32. The molecule has 0 fully saturated rings. The topological polar surface area (TPSA) is 105 Å². The van der Waals surface area contributed by atoms with E-state index < -0.39 is 34.4 Å². The van der Waals surface area contributed by atoms with Gasteiger partial charge in [-0.05, 0) is 55.3 Å². The maximum Gasteiger partial charge on any atom is 0.264 e. The molecule has 0 aliphatic rings. The molecular formula is C29H33Cl2N3O6S. The van der Waals surface area contributed by atoms with Crippen LogP contribution < -0.4 is 19.1 Å². The van der Waals surface area contributed by atoms with Gasteiger partial charge in [-0.3, -0.25) is 13.9 Å². The number of carbonyl (C=O) groups excluding carboxylic acids is 2. The molecule has 0 spiro atoms. The van der Waals surface area contributed by atoms with Gasteiger partial charge in [-0.15, -0.1) is 0 Å². The SMILES string of the molecule is CC[C@@H](C(=O)NC)N(Cc1ccc(Cl)cc1Cl)C(=O)CN(c1ccc(C)cc1)S(=O)(=O)c1ccc(OC)c(OC)c1. The van der Waals surface area contributed by atoms with E-state index in [1.54, 1.807) is 49.4 Å². The van der Waals surface area contributed by atoms with Crippen LogP contribution in [0.3, 0.4) is 0 Å². The average molecular weight is 623 g/mol. The lowest BCUT2D eigenvalue weighted by atomic mass is 10.1. The minimum Gasteiger partial charge on any atom is -0.493 e. The fraction of sp³-hybridized carbons (Fsp3) is 0.310. The van der Waals surface area contributed by atoms with Gasteiger partial charge in [0, 0.05) is 29.7 Å². The van der Waals surface area contributed by atoms with E-state index in [0.717, 1.165) is 9.87 Å². The number of ether oxygens (including phenoxy) is 2. The molecule has 3 aromatic carbocycles. The Labute approximate surface area is 251 Å². The van der Waals surface area contributed by atoms with Gasteiger partial charge in [0.2, 0.25) is 11.8 Å². The first-order valence-corrected chi connectivity index (χ1v) is 14.9. The third kappa shape index (κ3) is 7.44. The summed E-state index contributed by atoms with van der Waals surface area (Å²) in [5.41, 5.74) is 1.74. The molecule has 0 aliphatic heterocycles. The first-order chi connectivity index (χ1) is 19.5. The van der Waals surface area contributed by atoms with Crippen molar-refractivity contribution in [3.05, 3.63) is 81.8 Å². The Morgan fingerprint density at radius 3 is 2.17 bits per heavy atom.